The van der Waals surface area contributed by atoms with Gasteiger partial charge in [-0.15, -0.1) is 0 Å². The summed E-state index contributed by atoms with van der Waals surface area (Å²) in [4.78, 5) is 23.3. The normalized spacial score (nSPS) is 12.2. The molecule has 1 aromatic rings. The lowest BCUT2D eigenvalue weighted by Gasteiger charge is -2.12. The lowest BCUT2D eigenvalue weighted by atomic mass is 10.0. The molecule has 1 unspecified atom stereocenters. The first-order chi connectivity index (χ1) is 10.4. The van der Waals surface area contributed by atoms with Crippen LogP contribution in [0.3, 0.4) is 0 Å². The molecule has 122 valence electrons. The van der Waals surface area contributed by atoms with Crippen LogP contribution in [0, 0.1) is 12.8 Å². The van der Waals surface area contributed by atoms with Gasteiger partial charge in [0, 0.05) is 0 Å². The monoisotopic (exact) mass is 306 g/mol. The first kappa shape index (κ1) is 18.4. The van der Waals surface area contributed by atoms with Gasteiger partial charge in [-0.25, -0.2) is 0 Å². The van der Waals surface area contributed by atoms with E-state index in [2.05, 4.69) is 24.3 Å². The molecule has 0 bridgehead atoms. The molecule has 4 nitrogen and oxygen atoms in total. The van der Waals surface area contributed by atoms with Crippen molar-refractivity contribution < 1.29 is 19.1 Å². The second kappa shape index (κ2) is 9.36. The fourth-order valence-corrected chi connectivity index (χ4v) is 1.85. The maximum Gasteiger partial charge on any atom is 0.309 e. The summed E-state index contributed by atoms with van der Waals surface area (Å²) in [6, 6.07) is 8.26. The van der Waals surface area contributed by atoms with Gasteiger partial charge in [-0.05, 0) is 39.2 Å². The van der Waals surface area contributed by atoms with Crippen LogP contribution in [0.15, 0.2) is 24.3 Å². The minimum atomic E-state index is -0.329. The molecule has 1 atom stereocenters. The number of aryl methyl sites for hydroxylation is 2. The number of benzene rings is 1. The van der Waals surface area contributed by atoms with Crippen LogP contribution in [-0.4, -0.2) is 31.1 Å². The zero-order valence-electron chi connectivity index (χ0n) is 13.9. The maximum absolute atomic E-state index is 11.8. The van der Waals surface area contributed by atoms with Crippen LogP contribution < -0.4 is 0 Å². The lowest BCUT2D eigenvalue weighted by molar-refractivity contribution is -0.153. The van der Waals surface area contributed by atoms with Gasteiger partial charge in [0.15, 0.2) is 12.4 Å². The first-order valence-corrected chi connectivity index (χ1v) is 7.74. The molecule has 0 radical (unpaired) electrons. The summed E-state index contributed by atoms with van der Waals surface area (Å²) >= 11 is 0. The Kier molecular flexibility index (Phi) is 7.82. The Morgan fingerprint density at radius 3 is 2.27 bits per heavy atom. The molecule has 1 rings (SSSR count). The highest BCUT2D eigenvalue weighted by molar-refractivity contribution is 5.83. The summed E-state index contributed by atoms with van der Waals surface area (Å²) in [5, 5.41) is 0. The quantitative estimate of drug-likeness (QED) is 0.658. The van der Waals surface area contributed by atoms with Gasteiger partial charge in [0.05, 0.1) is 12.0 Å². The molecule has 0 saturated heterocycles. The van der Waals surface area contributed by atoms with E-state index in [9.17, 15) is 9.59 Å². The van der Waals surface area contributed by atoms with E-state index in [0.29, 0.717) is 6.42 Å². The lowest BCUT2D eigenvalue weighted by Crippen LogP contribution is -2.23. The first-order valence-electron chi connectivity index (χ1n) is 7.74. The molecule has 0 saturated carbocycles. The maximum atomic E-state index is 11.8. The van der Waals surface area contributed by atoms with Crippen molar-refractivity contribution in [2.75, 3.05) is 13.2 Å². The Morgan fingerprint density at radius 1 is 1.05 bits per heavy atom. The summed E-state index contributed by atoms with van der Waals surface area (Å²) in [5.74, 6) is -0.766. The molecule has 4 heteroatoms. The minimum Gasteiger partial charge on any atom is -0.457 e. The average molecular weight is 306 g/mol. The molecule has 0 aliphatic heterocycles. The molecule has 0 spiro atoms. The van der Waals surface area contributed by atoms with Crippen LogP contribution in [-0.2, 0) is 25.5 Å². The van der Waals surface area contributed by atoms with E-state index in [4.69, 9.17) is 9.47 Å². The van der Waals surface area contributed by atoms with E-state index in [1.807, 2.05) is 27.7 Å². The van der Waals surface area contributed by atoms with Crippen LogP contribution in [0.5, 0.6) is 0 Å². The molecule has 0 fully saturated rings. The summed E-state index contributed by atoms with van der Waals surface area (Å²) in [6.07, 6.45) is 1.52. The number of rotatable bonds is 9. The molecular formula is C18H26O4. The van der Waals surface area contributed by atoms with Gasteiger partial charge in [-0.1, -0.05) is 36.8 Å². The van der Waals surface area contributed by atoms with Gasteiger partial charge in [0.1, 0.15) is 6.61 Å². The molecule has 0 aromatic heterocycles. The van der Waals surface area contributed by atoms with Crippen molar-refractivity contribution >= 4 is 11.8 Å². The number of Topliss-reactive ketones (excluding diaryl/α,β-unsaturated/α-hetero) is 1. The Bertz CT molecular complexity index is 476. The summed E-state index contributed by atoms with van der Waals surface area (Å²) < 4.78 is 10.2. The number of ether oxygens (including phenoxy) is 2. The van der Waals surface area contributed by atoms with Gasteiger partial charge in [0.2, 0.25) is 0 Å². The Hall–Kier alpha value is -1.68. The van der Waals surface area contributed by atoms with Gasteiger partial charge in [-0.3, -0.25) is 9.59 Å². The highest BCUT2D eigenvalue weighted by atomic mass is 16.5. The Morgan fingerprint density at radius 2 is 1.68 bits per heavy atom. The van der Waals surface area contributed by atoms with Crippen molar-refractivity contribution in [2.24, 2.45) is 5.92 Å². The second-order valence-electron chi connectivity index (χ2n) is 5.93. The topological polar surface area (TPSA) is 52.6 Å². The number of esters is 1. The van der Waals surface area contributed by atoms with Crippen LogP contribution in [0.4, 0.5) is 0 Å². The van der Waals surface area contributed by atoms with Crippen molar-refractivity contribution in [3.8, 4) is 0 Å². The molecule has 0 aliphatic rings. The predicted octanol–water partition coefficient (Wildman–Crippen LogP) is 3.10. The fourth-order valence-electron chi connectivity index (χ4n) is 1.85. The van der Waals surface area contributed by atoms with Crippen LogP contribution in [0.2, 0.25) is 0 Å². The third kappa shape index (κ3) is 7.36. The van der Waals surface area contributed by atoms with Crippen molar-refractivity contribution in [3.05, 3.63) is 35.4 Å². The van der Waals surface area contributed by atoms with Crippen molar-refractivity contribution in [3.63, 3.8) is 0 Å². The smallest absolute Gasteiger partial charge is 0.309 e. The molecule has 0 N–H and O–H groups in total. The number of hydrogen-bond donors (Lipinski definition) is 0. The number of carbonyl (C=O) groups excluding carboxylic acids is 2. The van der Waals surface area contributed by atoms with E-state index >= 15 is 0 Å². The van der Waals surface area contributed by atoms with E-state index in [1.54, 1.807) is 0 Å². The molecule has 0 heterocycles. The molecular weight excluding hydrogens is 280 g/mol. The summed E-state index contributed by atoms with van der Waals surface area (Å²) in [5.41, 5.74) is 2.42. The minimum absolute atomic E-state index is 0.00640. The van der Waals surface area contributed by atoms with Crippen molar-refractivity contribution in [1.82, 2.24) is 0 Å². The molecule has 0 amide bonds. The van der Waals surface area contributed by atoms with Crippen molar-refractivity contribution in [1.29, 1.82) is 0 Å². The van der Waals surface area contributed by atoms with Gasteiger partial charge in [-0.2, -0.15) is 0 Å². The zero-order chi connectivity index (χ0) is 16.5. The third-order valence-corrected chi connectivity index (χ3v) is 3.34. The Labute approximate surface area is 132 Å². The van der Waals surface area contributed by atoms with Crippen LogP contribution in [0.25, 0.3) is 0 Å². The SMILES string of the molecule is Cc1ccc(CCC(C)C(=O)OCC(=O)COC(C)C)cc1. The van der Waals surface area contributed by atoms with Crippen LogP contribution >= 0.6 is 0 Å². The largest absolute Gasteiger partial charge is 0.457 e. The van der Waals surface area contributed by atoms with Crippen molar-refractivity contribution in [2.45, 2.75) is 46.6 Å². The van der Waals surface area contributed by atoms with Gasteiger partial charge >= 0.3 is 5.97 Å². The summed E-state index contributed by atoms with van der Waals surface area (Å²) in [6.45, 7) is 7.36. The molecule has 1 aromatic carbocycles. The summed E-state index contributed by atoms with van der Waals surface area (Å²) in [7, 11) is 0. The zero-order valence-corrected chi connectivity index (χ0v) is 13.9. The fraction of sp³-hybridized carbons (Fsp3) is 0.556. The number of ketones is 1. The van der Waals surface area contributed by atoms with E-state index < -0.39 is 0 Å². The van der Waals surface area contributed by atoms with E-state index in [-0.39, 0.29) is 37.0 Å². The molecule has 22 heavy (non-hydrogen) atoms. The predicted molar refractivity (Wildman–Crippen MR) is 85.7 cm³/mol. The van der Waals surface area contributed by atoms with E-state index in [0.717, 1.165) is 6.42 Å². The highest BCUT2D eigenvalue weighted by Crippen LogP contribution is 2.12. The average Bonchev–Trinajstić information content (AvgIpc) is 2.49. The van der Waals surface area contributed by atoms with Gasteiger partial charge in [0.25, 0.3) is 0 Å². The van der Waals surface area contributed by atoms with Crippen LogP contribution in [0.1, 0.15) is 38.3 Å². The number of hydrogen-bond acceptors (Lipinski definition) is 4. The highest BCUT2D eigenvalue weighted by Gasteiger charge is 2.16. The second-order valence-corrected chi connectivity index (χ2v) is 5.93. The standard InChI is InChI=1S/C18H26O4/c1-13(2)21-11-17(19)12-22-18(20)15(4)7-10-16-8-5-14(3)6-9-16/h5-6,8-9,13,15H,7,10-12H2,1-4H3. The van der Waals surface area contributed by atoms with Gasteiger partial charge < -0.3 is 9.47 Å². The molecule has 0 aliphatic carbocycles. The number of carbonyl (C=O) groups is 2. The third-order valence-electron chi connectivity index (χ3n) is 3.34. The Balaban J connectivity index is 2.27. The van der Waals surface area contributed by atoms with E-state index in [1.165, 1.54) is 11.1 Å².